The van der Waals surface area contributed by atoms with Crippen molar-refractivity contribution in [2.45, 2.75) is 6.92 Å². The third-order valence-electron chi connectivity index (χ3n) is 4.50. The van der Waals surface area contributed by atoms with E-state index in [1.54, 1.807) is 37.4 Å². The zero-order valence-corrected chi connectivity index (χ0v) is 17.1. The highest BCUT2D eigenvalue weighted by atomic mass is 16.6. The van der Waals surface area contributed by atoms with Gasteiger partial charge in [-0.2, -0.15) is 0 Å². The number of nitro benzene ring substituents is 1. The second-order valence-electron chi connectivity index (χ2n) is 6.87. The first kappa shape index (κ1) is 21.5. The SMILES string of the molecule is Cc1cccc(NC(=O)COc2ccc(N(C)C(=O)c3cccc([N+](=O)[O-])c3)cc2)c1. The van der Waals surface area contributed by atoms with E-state index in [0.717, 1.165) is 5.56 Å². The number of ether oxygens (including phenoxy) is 1. The molecule has 8 nitrogen and oxygen atoms in total. The Bertz CT molecular complexity index is 1110. The fourth-order valence-corrected chi connectivity index (χ4v) is 2.90. The molecular weight excluding hydrogens is 398 g/mol. The maximum atomic E-state index is 12.6. The fraction of sp³-hybridized carbons (Fsp3) is 0.130. The summed E-state index contributed by atoms with van der Waals surface area (Å²) in [7, 11) is 1.58. The van der Waals surface area contributed by atoms with E-state index >= 15 is 0 Å². The molecule has 0 aromatic heterocycles. The maximum absolute atomic E-state index is 12.6. The predicted molar refractivity (Wildman–Crippen MR) is 118 cm³/mol. The lowest BCUT2D eigenvalue weighted by atomic mass is 10.1. The summed E-state index contributed by atoms with van der Waals surface area (Å²) in [6.45, 7) is 1.78. The van der Waals surface area contributed by atoms with Crippen LogP contribution in [0.5, 0.6) is 5.75 Å². The number of non-ortho nitro benzene ring substituents is 1. The number of nitrogens with one attached hydrogen (secondary N) is 1. The molecule has 0 saturated heterocycles. The second kappa shape index (κ2) is 9.53. The minimum absolute atomic E-state index is 0.146. The zero-order valence-electron chi connectivity index (χ0n) is 17.1. The van der Waals surface area contributed by atoms with Gasteiger partial charge in [-0.1, -0.05) is 18.2 Å². The van der Waals surface area contributed by atoms with Crippen molar-refractivity contribution in [2.75, 3.05) is 23.9 Å². The molecule has 0 fully saturated rings. The summed E-state index contributed by atoms with van der Waals surface area (Å²) in [6.07, 6.45) is 0. The highest BCUT2D eigenvalue weighted by Gasteiger charge is 2.16. The number of anilines is 2. The van der Waals surface area contributed by atoms with Crippen LogP contribution in [-0.2, 0) is 4.79 Å². The van der Waals surface area contributed by atoms with E-state index in [2.05, 4.69) is 5.32 Å². The Balaban J connectivity index is 1.59. The van der Waals surface area contributed by atoms with Gasteiger partial charge in [0.25, 0.3) is 17.5 Å². The van der Waals surface area contributed by atoms with E-state index in [4.69, 9.17) is 4.74 Å². The molecule has 0 aliphatic heterocycles. The molecule has 3 aromatic carbocycles. The van der Waals surface area contributed by atoms with Crippen molar-refractivity contribution in [1.82, 2.24) is 0 Å². The van der Waals surface area contributed by atoms with Crippen LogP contribution in [0, 0.1) is 17.0 Å². The first-order valence-corrected chi connectivity index (χ1v) is 9.45. The smallest absolute Gasteiger partial charge is 0.270 e. The Labute approximate surface area is 179 Å². The van der Waals surface area contributed by atoms with E-state index in [-0.39, 0.29) is 29.7 Å². The summed E-state index contributed by atoms with van der Waals surface area (Å²) < 4.78 is 5.50. The summed E-state index contributed by atoms with van der Waals surface area (Å²) in [5.41, 5.74) is 2.38. The van der Waals surface area contributed by atoms with Crippen LogP contribution in [-0.4, -0.2) is 30.4 Å². The first-order valence-electron chi connectivity index (χ1n) is 9.45. The van der Waals surface area contributed by atoms with Crippen molar-refractivity contribution >= 4 is 28.9 Å². The fourth-order valence-electron chi connectivity index (χ4n) is 2.90. The molecule has 0 bridgehead atoms. The Hall–Kier alpha value is -4.20. The molecule has 0 radical (unpaired) electrons. The van der Waals surface area contributed by atoms with Gasteiger partial charge >= 0.3 is 0 Å². The lowest BCUT2D eigenvalue weighted by molar-refractivity contribution is -0.384. The van der Waals surface area contributed by atoms with Gasteiger partial charge in [0.1, 0.15) is 5.75 Å². The molecule has 0 spiro atoms. The third kappa shape index (κ3) is 5.66. The predicted octanol–water partition coefficient (Wildman–Crippen LogP) is 4.20. The minimum atomic E-state index is -0.544. The van der Waals surface area contributed by atoms with Gasteiger partial charge in [0, 0.05) is 36.1 Å². The number of benzene rings is 3. The molecule has 0 heterocycles. The molecule has 8 heteroatoms. The van der Waals surface area contributed by atoms with Crippen LogP contribution >= 0.6 is 0 Å². The Morgan fingerprint density at radius 3 is 2.42 bits per heavy atom. The molecule has 0 aliphatic carbocycles. The molecule has 0 unspecified atom stereocenters. The van der Waals surface area contributed by atoms with E-state index in [1.807, 2.05) is 25.1 Å². The average Bonchev–Trinajstić information content (AvgIpc) is 2.77. The highest BCUT2D eigenvalue weighted by molar-refractivity contribution is 6.06. The zero-order chi connectivity index (χ0) is 22.4. The molecule has 3 rings (SSSR count). The van der Waals surface area contributed by atoms with Gasteiger partial charge in [-0.3, -0.25) is 19.7 Å². The van der Waals surface area contributed by atoms with E-state index in [9.17, 15) is 19.7 Å². The van der Waals surface area contributed by atoms with Gasteiger partial charge < -0.3 is 15.0 Å². The van der Waals surface area contributed by atoms with Crippen molar-refractivity contribution in [3.05, 3.63) is 94.0 Å². The lowest BCUT2D eigenvalue weighted by Gasteiger charge is -2.18. The van der Waals surface area contributed by atoms with Crippen molar-refractivity contribution < 1.29 is 19.2 Å². The second-order valence-corrected chi connectivity index (χ2v) is 6.87. The van der Waals surface area contributed by atoms with Gasteiger partial charge in [0.15, 0.2) is 6.61 Å². The Morgan fingerprint density at radius 1 is 1.03 bits per heavy atom. The number of hydrogen-bond acceptors (Lipinski definition) is 5. The van der Waals surface area contributed by atoms with Crippen molar-refractivity contribution in [3.63, 3.8) is 0 Å². The first-order chi connectivity index (χ1) is 14.8. The van der Waals surface area contributed by atoms with Gasteiger partial charge in [-0.15, -0.1) is 0 Å². The molecule has 0 aliphatic rings. The molecule has 31 heavy (non-hydrogen) atoms. The Morgan fingerprint density at radius 2 is 1.74 bits per heavy atom. The van der Waals surface area contributed by atoms with Gasteiger partial charge in [-0.05, 0) is 55.0 Å². The van der Waals surface area contributed by atoms with Crippen LogP contribution in [0.1, 0.15) is 15.9 Å². The topological polar surface area (TPSA) is 102 Å². The number of amides is 2. The number of nitrogens with zero attached hydrogens (tertiary/aromatic N) is 2. The normalized spacial score (nSPS) is 10.3. The van der Waals surface area contributed by atoms with Crippen LogP contribution in [0.3, 0.4) is 0 Å². The number of rotatable bonds is 7. The third-order valence-corrected chi connectivity index (χ3v) is 4.50. The molecule has 0 atom stereocenters. The lowest BCUT2D eigenvalue weighted by Crippen LogP contribution is -2.26. The monoisotopic (exact) mass is 419 g/mol. The van der Waals surface area contributed by atoms with Gasteiger partial charge in [-0.25, -0.2) is 0 Å². The van der Waals surface area contributed by atoms with Crippen LogP contribution in [0.2, 0.25) is 0 Å². The van der Waals surface area contributed by atoms with E-state index in [1.165, 1.54) is 29.2 Å². The summed E-state index contributed by atoms with van der Waals surface area (Å²) in [5, 5.41) is 13.7. The largest absolute Gasteiger partial charge is 0.484 e. The quantitative estimate of drug-likeness (QED) is 0.457. The molecule has 1 N–H and O–H groups in total. The van der Waals surface area contributed by atoms with E-state index in [0.29, 0.717) is 17.1 Å². The summed E-state index contributed by atoms with van der Waals surface area (Å²) in [5.74, 6) is -0.193. The number of aryl methyl sites for hydroxylation is 1. The minimum Gasteiger partial charge on any atom is -0.484 e. The van der Waals surface area contributed by atoms with Crippen LogP contribution in [0.15, 0.2) is 72.8 Å². The summed E-state index contributed by atoms with van der Waals surface area (Å²) in [4.78, 5) is 36.5. The summed E-state index contributed by atoms with van der Waals surface area (Å²) in [6, 6.07) is 19.7. The molecule has 2 amide bonds. The van der Waals surface area contributed by atoms with E-state index < -0.39 is 4.92 Å². The molecule has 0 saturated carbocycles. The van der Waals surface area contributed by atoms with Crippen molar-refractivity contribution in [3.8, 4) is 5.75 Å². The number of carbonyl (C=O) groups excluding carboxylic acids is 2. The standard InChI is InChI=1S/C23H21N3O5/c1-16-5-3-7-18(13-16)24-22(27)15-31-21-11-9-19(10-12-21)25(2)23(28)17-6-4-8-20(14-17)26(29)30/h3-14H,15H2,1-2H3,(H,24,27). The average molecular weight is 419 g/mol. The maximum Gasteiger partial charge on any atom is 0.270 e. The highest BCUT2D eigenvalue weighted by Crippen LogP contribution is 2.22. The molecule has 3 aromatic rings. The molecule has 158 valence electrons. The van der Waals surface area contributed by atoms with Gasteiger partial charge in [0.2, 0.25) is 0 Å². The number of nitro groups is 1. The van der Waals surface area contributed by atoms with Crippen LogP contribution in [0.4, 0.5) is 17.1 Å². The van der Waals surface area contributed by atoms with Crippen LogP contribution in [0.25, 0.3) is 0 Å². The number of carbonyl (C=O) groups is 2. The van der Waals surface area contributed by atoms with Crippen LogP contribution < -0.4 is 15.0 Å². The summed E-state index contributed by atoms with van der Waals surface area (Å²) >= 11 is 0. The van der Waals surface area contributed by atoms with Crippen molar-refractivity contribution in [2.24, 2.45) is 0 Å². The number of hydrogen-bond donors (Lipinski definition) is 1. The Kier molecular flexibility index (Phi) is 6.61. The van der Waals surface area contributed by atoms with Crippen molar-refractivity contribution in [1.29, 1.82) is 0 Å². The molecular formula is C23H21N3O5. The van der Waals surface area contributed by atoms with Gasteiger partial charge in [0.05, 0.1) is 4.92 Å².